The monoisotopic (exact) mass is 278 g/mol. The fourth-order valence-corrected chi connectivity index (χ4v) is 1.72. The van der Waals surface area contributed by atoms with Crippen LogP contribution in [-0.2, 0) is 16.0 Å². The van der Waals surface area contributed by atoms with Gasteiger partial charge >= 0.3 is 12.0 Å². The Hall–Kier alpha value is -2.04. The highest BCUT2D eigenvalue weighted by Crippen LogP contribution is 2.14. The minimum Gasteiger partial charge on any atom is -0.469 e. The van der Waals surface area contributed by atoms with Crippen molar-refractivity contribution in [2.24, 2.45) is 5.92 Å². The lowest BCUT2D eigenvalue weighted by Crippen LogP contribution is -2.30. The number of methoxy groups -OCH3 is 1. The number of nitrogens with one attached hydrogen (secondary N) is 1. The smallest absolute Gasteiger partial charge is 0.321 e. The minimum atomic E-state index is -0.216. The van der Waals surface area contributed by atoms with E-state index in [1.54, 1.807) is 11.9 Å². The second kappa shape index (κ2) is 7.53. The fourth-order valence-electron chi connectivity index (χ4n) is 1.72. The molecule has 0 heterocycles. The number of hydrogen-bond acceptors (Lipinski definition) is 3. The van der Waals surface area contributed by atoms with Gasteiger partial charge in [-0.1, -0.05) is 19.1 Å². The maximum absolute atomic E-state index is 11.7. The lowest BCUT2D eigenvalue weighted by Gasteiger charge is -2.15. The summed E-state index contributed by atoms with van der Waals surface area (Å²) >= 11 is 0. The first kappa shape index (κ1) is 16.0. The Kier molecular flexibility index (Phi) is 6.03. The topological polar surface area (TPSA) is 58.6 Å². The van der Waals surface area contributed by atoms with Crippen LogP contribution >= 0.6 is 0 Å². The summed E-state index contributed by atoms with van der Waals surface area (Å²) in [7, 11) is 3.13. The summed E-state index contributed by atoms with van der Waals surface area (Å²) in [6, 6.07) is 7.34. The van der Waals surface area contributed by atoms with E-state index in [1.807, 2.05) is 38.1 Å². The fraction of sp³-hybridized carbons (Fsp3) is 0.467. The molecule has 1 aromatic carbocycles. The number of rotatable bonds is 5. The molecular weight excluding hydrogens is 256 g/mol. The van der Waals surface area contributed by atoms with E-state index in [0.717, 1.165) is 11.3 Å². The second-order valence-electron chi connectivity index (χ2n) is 4.77. The average molecular weight is 278 g/mol. The number of ether oxygens (including phenoxy) is 1. The molecule has 2 amide bonds. The van der Waals surface area contributed by atoms with Crippen molar-refractivity contribution in [3.05, 3.63) is 29.8 Å². The molecule has 110 valence electrons. The number of carbonyl (C=O) groups excluding carboxylic acids is 2. The Bertz CT molecular complexity index is 457. The van der Waals surface area contributed by atoms with Gasteiger partial charge in [-0.25, -0.2) is 4.79 Å². The molecule has 1 aromatic rings. The van der Waals surface area contributed by atoms with Gasteiger partial charge in [-0.2, -0.15) is 0 Å². The van der Waals surface area contributed by atoms with Crippen molar-refractivity contribution < 1.29 is 14.3 Å². The molecule has 1 atom stereocenters. The normalized spacial score (nSPS) is 11.6. The molecule has 0 radical (unpaired) electrons. The Labute approximate surface area is 119 Å². The van der Waals surface area contributed by atoms with E-state index < -0.39 is 0 Å². The SMILES string of the molecule is CCN(C)C(=O)Nc1ccc(CC(C)C(=O)OC)cc1. The van der Waals surface area contributed by atoms with Gasteiger partial charge in [-0.3, -0.25) is 4.79 Å². The Balaban J connectivity index is 2.60. The number of anilines is 1. The molecule has 5 heteroatoms. The van der Waals surface area contributed by atoms with Crippen LogP contribution in [0.2, 0.25) is 0 Å². The third kappa shape index (κ3) is 4.57. The second-order valence-corrected chi connectivity index (χ2v) is 4.77. The van der Waals surface area contributed by atoms with Crippen LogP contribution in [-0.4, -0.2) is 37.6 Å². The van der Waals surface area contributed by atoms with Gasteiger partial charge in [0.2, 0.25) is 0 Å². The van der Waals surface area contributed by atoms with Crippen molar-refractivity contribution in [3.8, 4) is 0 Å². The number of urea groups is 1. The van der Waals surface area contributed by atoms with E-state index in [2.05, 4.69) is 5.32 Å². The Morgan fingerprint density at radius 1 is 1.30 bits per heavy atom. The lowest BCUT2D eigenvalue weighted by atomic mass is 10.0. The molecule has 1 rings (SSSR count). The van der Waals surface area contributed by atoms with Crippen molar-refractivity contribution >= 4 is 17.7 Å². The molecule has 0 aromatic heterocycles. The molecule has 1 N–H and O–H groups in total. The summed E-state index contributed by atoms with van der Waals surface area (Å²) in [5, 5.41) is 2.80. The van der Waals surface area contributed by atoms with Gasteiger partial charge < -0.3 is 15.0 Å². The standard InChI is InChI=1S/C15H22N2O3/c1-5-17(3)15(19)16-13-8-6-12(7-9-13)10-11(2)14(18)20-4/h6-9,11H,5,10H2,1-4H3,(H,16,19). The highest BCUT2D eigenvalue weighted by atomic mass is 16.5. The first-order valence-electron chi connectivity index (χ1n) is 6.66. The van der Waals surface area contributed by atoms with E-state index in [-0.39, 0.29) is 17.9 Å². The summed E-state index contributed by atoms with van der Waals surface area (Å²) < 4.78 is 4.70. The first-order valence-corrected chi connectivity index (χ1v) is 6.66. The number of carbonyl (C=O) groups is 2. The molecule has 0 bridgehead atoms. The van der Waals surface area contributed by atoms with E-state index >= 15 is 0 Å². The van der Waals surface area contributed by atoms with Gasteiger partial charge in [0.25, 0.3) is 0 Å². The Morgan fingerprint density at radius 3 is 2.40 bits per heavy atom. The lowest BCUT2D eigenvalue weighted by molar-refractivity contribution is -0.144. The summed E-state index contributed by atoms with van der Waals surface area (Å²) in [6.45, 7) is 4.40. The van der Waals surface area contributed by atoms with Crippen LogP contribution in [0.5, 0.6) is 0 Å². The zero-order valence-corrected chi connectivity index (χ0v) is 12.5. The zero-order valence-electron chi connectivity index (χ0n) is 12.5. The van der Waals surface area contributed by atoms with Gasteiger partial charge in [-0.05, 0) is 31.0 Å². The van der Waals surface area contributed by atoms with Gasteiger partial charge in [0.15, 0.2) is 0 Å². The van der Waals surface area contributed by atoms with Crippen LogP contribution < -0.4 is 5.32 Å². The van der Waals surface area contributed by atoms with Crippen molar-refractivity contribution in [2.75, 3.05) is 26.0 Å². The van der Waals surface area contributed by atoms with Crippen LogP contribution in [0.15, 0.2) is 24.3 Å². The molecule has 0 fully saturated rings. The average Bonchev–Trinajstić information content (AvgIpc) is 2.47. The molecule has 0 aliphatic carbocycles. The highest BCUT2D eigenvalue weighted by Gasteiger charge is 2.13. The molecule has 20 heavy (non-hydrogen) atoms. The van der Waals surface area contributed by atoms with Crippen molar-refractivity contribution in [3.63, 3.8) is 0 Å². The van der Waals surface area contributed by atoms with Crippen LogP contribution in [0.4, 0.5) is 10.5 Å². The zero-order chi connectivity index (χ0) is 15.1. The van der Waals surface area contributed by atoms with E-state index in [0.29, 0.717) is 13.0 Å². The van der Waals surface area contributed by atoms with Gasteiger partial charge in [0.1, 0.15) is 0 Å². The number of esters is 1. The highest BCUT2D eigenvalue weighted by molar-refractivity contribution is 5.89. The molecule has 0 saturated carbocycles. The summed E-state index contributed by atoms with van der Waals surface area (Å²) in [5.74, 6) is -0.390. The van der Waals surface area contributed by atoms with Crippen molar-refractivity contribution in [1.29, 1.82) is 0 Å². The van der Waals surface area contributed by atoms with E-state index in [1.165, 1.54) is 7.11 Å². The van der Waals surface area contributed by atoms with Gasteiger partial charge in [-0.15, -0.1) is 0 Å². The molecule has 0 aliphatic heterocycles. The molecule has 0 spiro atoms. The number of hydrogen-bond donors (Lipinski definition) is 1. The summed E-state index contributed by atoms with van der Waals surface area (Å²) in [5.41, 5.74) is 1.77. The number of amides is 2. The van der Waals surface area contributed by atoms with E-state index in [4.69, 9.17) is 4.74 Å². The molecule has 0 aliphatic rings. The van der Waals surface area contributed by atoms with Gasteiger partial charge in [0.05, 0.1) is 13.0 Å². The maximum atomic E-state index is 11.7. The van der Waals surface area contributed by atoms with Crippen LogP contribution in [0.1, 0.15) is 19.4 Å². The minimum absolute atomic E-state index is 0.136. The third-order valence-electron chi connectivity index (χ3n) is 3.17. The quantitative estimate of drug-likeness (QED) is 0.842. The van der Waals surface area contributed by atoms with Crippen molar-refractivity contribution in [1.82, 2.24) is 4.90 Å². The van der Waals surface area contributed by atoms with Crippen LogP contribution in [0.25, 0.3) is 0 Å². The summed E-state index contributed by atoms with van der Waals surface area (Å²) in [4.78, 5) is 24.6. The first-order chi connectivity index (χ1) is 9.47. The van der Waals surface area contributed by atoms with E-state index in [9.17, 15) is 9.59 Å². The number of benzene rings is 1. The van der Waals surface area contributed by atoms with Crippen molar-refractivity contribution in [2.45, 2.75) is 20.3 Å². The Morgan fingerprint density at radius 2 is 1.90 bits per heavy atom. The number of nitrogens with zero attached hydrogens (tertiary/aromatic N) is 1. The van der Waals surface area contributed by atoms with Crippen LogP contribution in [0.3, 0.4) is 0 Å². The molecule has 0 saturated heterocycles. The maximum Gasteiger partial charge on any atom is 0.321 e. The third-order valence-corrected chi connectivity index (χ3v) is 3.17. The molecule has 1 unspecified atom stereocenters. The molecular formula is C15H22N2O3. The van der Waals surface area contributed by atoms with Gasteiger partial charge in [0, 0.05) is 19.3 Å². The largest absolute Gasteiger partial charge is 0.469 e. The predicted octanol–water partition coefficient (Wildman–Crippen LogP) is 2.52. The summed E-state index contributed by atoms with van der Waals surface area (Å²) in [6.07, 6.45) is 0.621. The predicted molar refractivity (Wildman–Crippen MR) is 78.6 cm³/mol. The molecule has 5 nitrogen and oxygen atoms in total. The van der Waals surface area contributed by atoms with Crippen LogP contribution in [0, 0.1) is 5.92 Å².